The molecule has 76 valence electrons. The van der Waals surface area contributed by atoms with Crippen molar-refractivity contribution in [3.63, 3.8) is 0 Å². The van der Waals surface area contributed by atoms with E-state index in [1.165, 1.54) is 11.3 Å². The molecule has 1 aromatic heterocycles. The molecule has 0 spiro atoms. The summed E-state index contributed by atoms with van der Waals surface area (Å²) in [5, 5.41) is 14.0. The minimum absolute atomic E-state index is 0.0500. The molecule has 1 aliphatic heterocycles. The molecule has 1 amide bonds. The lowest BCUT2D eigenvalue weighted by atomic mass is 9.99. The standard InChI is InChI=1S/C8H12N4OS/c13-7(6-2-1-3-9-4-6)11-8-12-10-5-14-8/h5-6,9H,1-4H2,(H,11,12,13)/t6-/m0/s1. The molecule has 2 N–H and O–H groups in total. The maximum atomic E-state index is 11.7. The van der Waals surface area contributed by atoms with Crippen LogP contribution in [0.5, 0.6) is 0 Å². The summed E-state index contributed by atoms with van der Waals surface area (Å²) >= 11 is 1.34. The van der Waals surface area contributed by atoms with Gasteiger partial charge in [-0.05, 0) is 19.4 Å². The summed E-state index contributed by atoms with van der Waals surface area (Å²) in [6.45, 7) is 1.78. The van der Waals surface area contributed by atoms with Gasteiger partial charge in [-0.15, -0.1) is 10.2 Å². The normalized spacial score (nSPS) is 21.9. The highest BCUT2D eigenvalue weighted by Gasteiger charge is 2.21. The Hall–Kier alpha value is -1.01. The van der Waals surface area contributed by atoms with Crippen LogP contribution in [-0.2, 0) is 4.79 Å². The molecule has 0 radical (unpaired) electrons. The summed E-state index contributed by atoms with van der Waals surface area (Å²) < 4.78 is 0. The van der Waals surface area contributed by atoms with Crippen molar-refractivity contribution in [2.75, 3.05) is 18.4 Å². The average molecular weight is 212 g/mol. The van der Waals surface area contributed by atoms with Crippen molar-refractivity contribution in [2.24, 2.45) is 5.92 Å². The van der Waals surface area contributed by atoms with Crippen LogP contribution in [0, 0.1) is 5.92 Å². The van der Waals surface area contributed by atoms with Crippen LogP contribution in [0.25, 0.3) is 0 Å². The van der Waals surface area contributed by atoms with Gasteiger partial charge in [-0.2, -0.15) is 0 Å². The summed E-state index contributed by atoms with van der Waals surface area (Å²) in [6.07, 6.45) is 2.02. The Morgan fingerprint density at radius 3 is 3.29 bits per heavy atom. The van der Waals surface area contributed by atoms with E-state index >= 15 is 0 Å². The number of amides is 1. The summed E-state index contributed by atoms with van der Waals surface area (Å²) in [5.41, 5.74) is 1.61. The predicted molar refractivity (Wildman–Crippen MR) is 54.1 cm³/mol. The highest BCUT2D eigenvalue weighted by molar-refractivity contribution is 7.13. The predicted octanol–water partition coefficient (Wildman–Crippen LogP) is 0.476. The van der Waals surface area contributed by atoms with Crippen molar-refractivity contribution in [1.82, 2.24) is 15.5 Å². The van der Waals surface area contributed by atoms with E-state index in [2.05, 4.69) is 20.8 Å². The highest BCUT2D eigenvalue weighted by atomic mass is 32.1. The topological polar surface area (TPSA) is 66.9 Å². The van der Waals surface area contributed by atoms with Gasteiger partial charge in [0.25, 0.3) is 0 Å². The van der Waals surface area contributed by atoms with Crippen LogP contribution >= 0.6 is 11.3 Å². The molecule has 0 aromatic carbocycles. The smallest absolute Gasteiger partial charge is 0.230 e. The van der Waals surface area contributed by atoms with Gasteiger partial charge in [-0.1, -0.05) is 11.3 Å². The summed E-state index contributed by atoms with van der Waals surface area (Å²) in [7, 11) is 0. The minimum Gasteiger partial charge on any atom is -0.316 e. The van der Waals surface area contributed by atoms with Gasteiger partial charge in [-0.25, -0.2) is 0 Å². The molecule has 0 aliphatic carbocycles. The third kappa shape index (κ3) is 2.27. The first-order chi connectivity index (χ1) is 6.86. The maximum absolute atomic E-state index is 11.7. The Bertz CT molecular complexity index is 294. The highest BCUT2D eigenvalue weighted by Crippen LogP contribution is 2.14. The first-order valence-electron chi connectivity index (χ1n) is 4.64. The van der Waals surface area contributed by atoms with Crippen LogP contribution in [-0.4, -0.2) is 29.2 Å². The van der Waals surface area contributed by atoms with Crippen LogP contribution < -0.4 is 10.6 Å². The zero-order valence-corrected chi connectivity index (χ0v) is 8.51. The first-order valence-corrected chi connectivity index (χ1v) is 5.52. The molecule has 2 rings (SSSR count). The molecule has 0 bridgehead atoms. The second-order valence-electron chi connectivity index (χ2n) is 3.28. The number of hydrogen-bond donors (Lipinski definition) is 2. The number of anilines is 1. The number of carbonyl (C=O) groups excluding carboxylic acids is 1. The van der Waals surface area contributed by atoms with Crippen molar-refractivity contribution < 1.29 is 4.79 Å². The number of rotatable bonds is 2. The lowest BCUT2D eigenvalue weighted by Crippen LogP contribution is -2.37. The van der Waals surface area contributed by atoms with E-state index in [-0.39, 0.29) is 11.8 Å². The molecule has 6 heteroatoms. The SMILES string of the molecule is O=C(Nc1nncs1)[C@H]1CCCNC1. The van der Waals surface area contributed by atoms with E-state index in [1.54, 1.807) is 5.51 Å². The van der Waals surface area contributed by atoms with E-state index in [9.17, 15) is 4.79 Å². The maximum Gasteiger partial charge on any atom is 0.230 e. The van der Waals surface area contributed by atoms with Crippen molar-refractivity contribution in [1.29, 1.82) is 0 Å². The third-order valence-corrected chi connectivity index (χ3v) is 2.86. The molecule has 1 saturated heterocycles. The molecule has 14 heavy (non-hydrogen) atoms. The quantitative estimate of drug-likeness (QED) is 0.748. The van der Waals surface area contributed by atoms with Gasteiger partial charge >= 0.3 is 0 Å². The lowest BCUT2D eigenvalue weighted by molar-refractivity contribution is -0.120. The molecular formula is C8H12N4OS. The van der Waals surface area contributed by atoms with Gasteiger partial charge in [0.15, 0.2) is 0 Å². The summed E-state index contributed by atoms with van der Waals surface area (Å²) in [6, 6.07) is 0. The van der Waals surface area contributed by atoms with E-state index in [1.807, 2.05) is 0 Å². The van der Waals surface area contributed by atoms with Gasteiger partial charge in [0.1, 0.15) is 5.51 Å². The number of nitrogens with zero attached hydrogens (tertiary/aromatic N) is 2. The molecule has 0 unspecified atom stereocenters. The van der Waals surface area contributed by atoms with Crippen LogP contribution in [0.2, 0.25) is 0 Å². The summed E-state index contributed by atoms with van der Waals surface area (Å²) in [5.74, 6) is 0.126. The molecule has 1 aliphatic rings. The third-order valence-electron chi connectivity index (χ3n) is 2.26. The monoisotopic (exact) mass is 212 g/mol. The van der Waals surface area contributed by atoms with Crippen LogP contribution in [0.1, 0.15) is 12.8 Å². The molecular weight excluding hydrogens is 200 g/mol. The van der Waals surface area contributed by atoms with E-state index in [0.717, 1.165) is 25.9 Å². The van der Waals surface area contributed by atoms with E-state index < -0.39 is 0 Å². The van der Waals surface area contributed by atoms with Gasteiger partial charge in [0, 0.05) is 6.54 Å². The lowest BCUT2D eigenvalue weighted by Gasteiger charge is -2.20. The van der Waals surface area contributed by atoms with Gasteiger partial charge in [0.2, 0.25) is 11.0 Å². The van der Waals surface area contributed by atoms with Crippen LogP contribution in [0.15, 0.2) is 5.51 Å². The average Bonchev–Trinajstić information content (AvgIpc) is 2.72. The molecule has 1 atom stereocenters. The zero-order valence-electron chi connectivity index (χ0n) is 7.69. The Labute approximate surface area is 85.9 Å². The number of nitrogens with one attached hydrogen (secondary N) is 2. The zero-order chi connectivity index (χ0) is 9.80. The second-order valence-corrected chi connectivity index (χ2v) is 4.11. The molecule has 1 aromatic rings. The Morgan fingerprint density at radius 2 is 2.64 bits per heavy atom. The van der Waals surface area contributed by atoms with Gasteiger partial charge in [-0.3, -0.25) is 4.79 Å². The number of carbonyl (C=O) groups is 1. The minimum atomic E-state index is 0.0500. The molecule has 0 saturated carbocycles. The molecule has 2 heterocycles. The Kier molecular flexibility index (Phi) is 3.05. The van der Waals surface area contributed by atoms with E-state index in [4.69, 9.17) is 0 Å². The fraction of sp³-hybridized carbons (Fsp3) is 0.625. The fourth-order valence-corrected chi connectivity index (χ4v) is 1.96. The number of aromatic nitrogens is 2. The first kappa shape index (κ1) is 9.54. The van der Waals surface area contributed by atoms with Gasteiger partial charge < -0.3 is 10.6 Å². The molecule has 5 nitrogen and oxygen atoms in total. The van der Waals surface area contributed by atoms with Crippen LogP contribution in [0.4, 0.5) is 5.13 Å². The second kappa shape index (κ2) is 4.47. The largest absolute Gasteiger partial charge is 0.316 e. The van der Waals surface area contributed by atoms with E-state index in [0.29, 0.717) is 5.13 Å². The Morgan fingerprint density at radius 1 is 1.71 bits per heavy atom. The number of piperidine rings is 1. The summed E-state index contributed by atoms with van der Waals surface area (Å²) in [4.78, 5) is 11.7. The fourth-order valence-electron chi connectivity index (χ4n) is 1.51. The molecule has 1 fully saturated rings. The van der Waals surface area contributed by atoms with Crippen molar-refractivity contribution >= 4 is 22.4 Å². The Balaban J connectivity index is 1.88. The van der Waals surface area contributed by atoms with Crippen molar-refractivity contribution in [3.8, 4) is 0 Å². The van der Waals surface area contributed by atoms with Crippen molar-refractivity contribution in [3.05, 3.63) is 5.51 Å². The number of hydrogen-bond acceptors (Lipinski definition) is 5. The van der Waals surface area contributed by atoms with Crippen molar-refractivity contribution in [2.45, 2.75) is 12.8 Å². The van der Waals surface area contributed by atoms with Crippen LogP contribution in [0.3, 0.4) is 0 Å². The van der Waals surface area contributed by atoms with Gasteiger partial charge in [0.05, 0.1) is 5.92 Å².